The highest BCUT2D eigenvalue weighted by atomic mass is 35.6. The van der Waals surface area contributed by atoms with Crippen molar-refractivity contribution in [3.05, 3.63) is 0 Å². The zero-order valence-electron chi connectivity index (χ0n) is 4.66. The maximum atomic E-state index is 10.1. The van der Waals surface area contributed by atoms with E-state index in [-0.39, 0.29) is 6.61 Å². The third kappa shape index (κ3) is 8.34. The second-order valence-electron chi connectivity index (χ2n) is 1.40. The van der Waals surface area contributed by atoms with Crippen LogP contribution in [0.15, 0.2) is 0 Å². The molecule has 0 unspecified atom stereocenters. The Morgan fingerprint density at radius 1 is 1.56 bits per heavy atom. The van der Waals surface area contributed by atoms with Gasteiger partial charge in [0.25, 0.3) is 0 Å². The molecule has 0 saturated carbocycles. The van der Waals surface area contributed by atoms with Crippen molar-refractivity contribution in [3.8, 4) is 0 Å². The van der Waals surface area contributed by atoms with E-state index in [9.17, 15) is 4.79 Å². The minimum absolute atomic E-state index is 0.201. The van der Waals surface area contributed by atoms with Crippen LogP contribution in [0.2, 0.25) is 0 Å². The normalized spacial score (nSPS) is 11.1. The lowest BCUT2D eigenvalue weighted by Crippen LogP contribution is -2.15. The number of ether oxygens (including phenoxy) is 1. The highest BCUT2D eigenvalue weighted by molar-refractivity contribution is 6.67. The van der Waals surface area contributed by atoms with E-state index < -0.39 is 9.76 Å². The SMILES string of the molecule is CC(=O)OCC(Cl)(Cl)Cl. The highest BCUT2D eigenvalue weighted by Crippen LogP contribution is 2.25. The van der Waals surface area contributed by atoms with Gasteiger partial charge in [-0.15, -0.1) is 0 Å². The maximum Gasteiger partial charge on any atom is 0.302 e. The summed E-state index contributed by atoms with van der Waals surface area (Å²) in [5, 5.41) is 0. The third-order valence-electron chi connectivity index (χ3n) is 0.439. The average molecular weight is 191 g/mol. The lowest BCUT2D eigenvalue weighted by atomic mass is 10.7. The molecular weight excluding hydrogens is 186 g/mol. The van der Waals surface area contributed by atoms with Crippen molar-refractivity contribution >= 4 is 40.8 Å². The summed E-state index contributed by atoms with van der Waals surface area (Å²) in [4.78, 5) is 10.1. The Morgan fingerprint density at radius 3 is 2.11 bits per heavy atom. The largest absolute Gasteiger partial charge is 0.461 e. The standard InChI is InChI=1S/C4H5Cl3O2/c1-3(8)9-2-4(5,6)7/h2H2,1H3. The molecule has 0 rings (SSSR count). The number of carbonyl (C=O) groups excluding carboxylic acids is 1. The van der Waals surface area contributed by atoms with Crippen molar-refractivity contribution in [2.75, 3.05) is 6.61 Å². The highest BCUT2D eigenvalue weighted by Gasteiger charge is 2.20. The van der Waals surface area contributed by atoms with Crippen LogP contribution >= 0.6 is 34.8 Å². The maximum absolute atomic E-state index is 10.1. The molecular formula is C4H5Cl3O2. The van der Waals surface area contributed by atoms with E-state index in [2.05, 4.69) is 4.74 Å². The summed E-state index contributed by atoms with van der Waals surface area (Å²) < 4.78 is 2.88. The molecule has 2 nitrogen and oxygen atoms in total. The predicted molar refractivity (Wildman–Crippen MR) is 36.9 cm³/mol. The van der Waals surface area contributed by atoms with Gasteiger partial charge in [0.15, 0.2) is 0 Å². The van der Waals surface area contributed by atoms with Gasteiger partial charge < -0.3 is 4.74 Å². The summed E-state index contributed by atoms with van der Waals surface area (Å²) in [6.45, 7) is 1.05. The molecule has 0 aliphatic rings. The first-order chi connectivity index (χ1) is 3.92. The smallest absolute Gasteiger partial charge is 0.302 e. The van der Waals surface area contributed by atoms with Gasteiger partial charge in [-0.2, -0.15) is 0 Å². The van der Waals surface area contributed by atoms with Crippen LogP contribution in [0.4, 0.5) is 0 Å². The molecule has 9 heavy (non-hydrogen) atoms. The number of carbonyl (C=O) groups is 1. The molecule has 5 heteroatoms. The zero-order valence-corrected chi connectivity index (χ0v) is 6.93. The Balaban J connectivity index is 3.39. The van der Waals surface area contributed by atoms with Gasteiger partial charge in [0, 0.05) is 6.92 Å². The van der Waals surface area contributed by atoms with Gasteiger partial charge in [-0.1, -0.05) is 34.8 Å². The second kappa shape index (κ2) is 3.49. The van der Waals surface area contributed by atoms with Crippen LogP contribution in [0, 0.1) is 0 Å². The number of alkyl halides is 3. The Labute approximate surface area is 68.0 Å². The molecule has 0 atom stereocenters. The minimum Gasteiger partial charge on any atom is -0.461 e. The van der Waals surface area contributed by atoms with Crippen LogP contribution in [0.1, 0.15) is 6.92 Å². The van der Waals surface area contributed by atoms with Crippen LogP contribution in [0.25, 0.3) is 0 Å². The Morgan fingerprint density at radius 2 is 2.00 bits per heavy atom. The fourth-order valence-corrected chi connectivity index (χ4v) is 0.347. The van der Waals surface area contributed by atoms with Crippen molar-refractivity contribution in [2.45, 2.75) is 10.7 Å². The molecule has 0 amide bonds. The summed E-state index contributed by atoms with van der Waals surface area (Å²) >= 11 is 15.7. The van der Waals surface area contributed by atoms with Gasteiger partial charge in [0.1, 0.15) is 6.61 Å². The number of halogens is 3. The van der Waals surface area contributed by atoms with Gasteiger partial charge in [-0.3, -0.25) is 4.79 Å². The lowest BCUT2D eigenvalue weighted by Gasteiger charge is -2.08. The number of rotatable bonds is 1. The number of hydrogen-bond acceptors (Lipinski definition) is 2. The van der Waals surface area contributed by atoms with Gasteiger partial charge >= 0.3 is 5.97 Å². The first-order valence-corrected chi connectivity index (χ1v) is 3.25. The molecule has 0 aliphatic carbocycles. The van der Waals surface area contributed by atoms with Gasteiger partial charge in [0.05, 0.1) is 0 Å². The molecule has 0 bridgehead atoms. The number of esters is 1. The molecule has 0 radical (unpaired) electrons. The quantitative estimate of drug-likeness (QED) is 0.468. The van der Waals surface area contributed by atoms with Crippen LogP contribution < -0.4 is 0 Å². The van der Waals surface area contributed by atoms with Gasteiger partial charge in [-0.25, -0.2) is 0 Å². The molecule has 0 aromatic carbocycles. The summed E-state index contributed by atoms with van der Waals surface area (Å²) in [7, 11) is 0. The van der Waals surface area contributed by atoms with Gasteiger partial charge in [0.2, 0.25) is 3.79 Å². The Kier molecular flexibility index (Phi) is 3.63. The molecule has 0 saturated heterocycles. The van der Waals surface area contributed by atoms with Gasteiger partial charge in [-0.05, 0) is 0 Å². The van der Waals surface area contributed by atoms with E-state index in [1.165, 1.54) is 6.92 Å². The zero-order chi connectivity index (χ0) is 7.49. The minimum atomic E-state index is -1.49. The molecule has 0 aromatic heterocycles. The van der Waals surface area contributed by atoms with Crippen LogP contribution in [-0.2, 0) is 9.53 Å². The number of hydrogen-bond donors (Lipinski definition) is 0. The molecule has 0 heterocycles. The van der Waals surface area contributed by atoms with E-state index in [0.29, 0.717) is 0 Å². The predicted octanol–water partition coefficient (Wildman–Crippen LogP) is 1.92. The topological polar surface area (TPSA) is 26.3 Å². The third-order valence-corrected chi connectivity index (χ3v) is 0.766. The van der Waals surface area contributed by atoms with Crippen LogP contribution in [0.3, 0.4) is 0 Å². The summed E-state index contributed by atoms with van der Waals surface area (Å²) in [5.74, 6) is -0.457. The van der Waals surface area contributed by atoms with Crippen molar-refractivity contribution in [3.63, 3.8) is 0 Å². The first-order valence-electron chi connectivity index (χ1n) is 2.12. The summed E-state index contributed by atoms with van der Waals surface area (Å²) in [5.41, 5.74) is 0. The van der Waals surface area contributed by atoms with Crippen molar-refractivity contribution in [1.29, 1.82) is 0 Å². The molecule has 0 aromatic rings. The monoisotopic (exact) mass is 190 g/mol. The van der Waals surface area contributed by atoms with E-state index in [0.717, 1.165) is 0 Å². The van der Waals surface area contributed by atoms with Crippen molar-refractivity contribution in [1.82, 2.24) is 0 Å². The van der Waals surface area contributed by atoms with Crippen LogP contribution in [-0.4, -0.2) is 16.4 Å². The van der Waals surface area contributed by atoms with E-state index in [1.54, 1.807) is 0 Å². The molecule has 0 spiro atoms. The van der Waals surface area contributed by atoms with Crippen LogP contribution in [0.5, 0.6) is 0 Å². The summed E-state index contributed by atoms with van der Waals surface area (Å²) in [6, 6.07) is 0. The molecule has 0 fully saturated rings. The Bertz CT molecular complexity index is 107. The van der Waals surface area contributed by atoms with Crippen molar-refractivity contribution < 1.29 is 9.53 Å². The molecule has 0 N–H and O–H groups in total. The fourth-order valence-electron chi connectivity index (χ4n) is 0.183. The average Bonchev–Trinajstić information content (AvgIpc) is 1.59. The van der Waals surface area contributed by atoms with E-state index in [1.807, 2.05) is 0 Å². The molecule has 54 valence electrons. The first kappa shape index (κ1) is 9.34. The lowest BCUT2D eigenvalue weighted by molar-refractivity contribution is -0.140. The summed E-state index contributed by atoms with van der Waals surface area (Å²) in [6.07, 6.45) is 0. The van der Waals surface area contributed by atoms with E-state index >= 15 is 0 Å². The second-order valence-corrected chi connectivity index (χ2v) is 3.91. The molecule has 0 aliphatic heterocycles. The Hall–Kier alpha value is 0.340. The fraction of sp³-hybridized carbons (Fsp3) is 0.750. The van der Waals surface area contributed by atoms with E-state index in [4.69, 9.17) is 34.8 Å². The van der Waals surface area contributed by atoms with Crippen molar-refractivity contribution in [2.24, 2.45) is 0 Å².